The fraction of sp³-hybridized carbons (Fsp3) is 0.467. The van der Waals surface area contributed by atoms with Gasteiger partial charge in [0, 0.05) is 12.7 Å². The first-order chi connectivity index (χ1) is 10.1. The Bertz CT molecular complexity index is 636. The Morgan fingerprint density at radius 2 is 2.05 bits per heavy atom. The minimum Gasteiger partial charge on any atom is -0.398 e. The number of ether oxygens (including phenoxy) is 1. The predicted octanol–water partition coefficient (Wildman–Crippen LogP) is 3.78. The Morgan fingerprint density at radius 3 is 2.71 bits per heavy atom. The van der Waals surface area contributed by atoms with E-state index < -0.39 is 5.60 Å². The molecule has 112 valence electrons. The number of anilines is 1. The lowest BCUT2D eigenvalue weighted by atomic mass is 9.84. The van der Waals surface area contributed by atoms with E-state index in [1.807, 2.05) is 6.07 Å². The van der Waals surface area contributed by atoms with Gasteiger partial charge >= 0.3 is 0 Å². The molecule has 0 radical (unpaired) electrons. The molecule has 1 aliphatic carbocycles. The molecule has 0 amide bonds. The summed E-state index contributed by atoms with van der Waals surface area (Å²) < 4.78 is 11.1. The molecule has 2 aromatic rings. The van der Waals surface area contributed by atoms with Crippen LogP contribution in [0.4, 0.5) is 5.69 Å². The maximum Gasteiger partial charge on any atom is 0.258 e. The van der Waals surface area contributed by atoms with Crippen molar-refractivity contribution in [3.63, 3.8) is 0 Å². The molecular formula is C15H18ClN3O2. The summed E-state index contributed by atoms with van der Waals surface area (Å²) in [4.78, 5) is 4.52. The van der Waals surface area contributed by atoms with Crippen molar-refractivity contribution in [1.29, 1.82) is 0 Å². The zero-order valence-corrected chi connectivity index (χ0v) is 12.7. The molecular weight excluding hydrogens is 290 g/mol. The number of benzene rings is 1. The van der Waals surface area contributed by atoms with Gasteiger partial charge in [-0.05, 0) is 31.0 Å². The SMILES string of the molecule is COC1(c2noc(-c3ccc(Cl)c(N)c3)n2)CCCCC1. The van der Waals surface area contributed by atoms with Crippen LogP contribution >= 0.6 is 11.6 Å². The van der Waals surface area contributed by atoms with Crippen molar-refractivity contribution in [2.24, 2.45) is 0 Å². The van der Waals surface area contributed by atoms with Crippen LogP contribution in [0.15, 0.2) is 22.7 Å². The van der Waals surface area contributed by atoms with Crippen LogP contribution in [0.2, 0.25) is 5.02 Å². The van der Waals surface area contributed by atoms with E-state index in [9.17, 15) is 0 Å². The number of nitrogens with zero attached hydrogens (tertiary/aromatic N) is 2. The second kappa shape index (κ2) is 5.66. The van der Waals surface area contributed by atoms with Crippen molar-refractivity contribution in [3.05, 3.63) is 29.0 Å². The topological polar surface area (TPSA) is 74.2 Å². The van der Waals surface area contributed by atoms with Gasteiger partial charge in [-0.3, -0.25) is 0 Å². The third-order valence-corrected chi connectivity index (χ3v) is 4.47. The fourth-order valence-electron chi connectivity index (χ4n) is 2.84. The molecule has 0 saturated heterocycles. The quantitative estimate of drug-likeness (QED) is 0.873. The summed E-state index contributed by atoms with van der Waals surface area (Å²) in [6, 6.07) is 5.28. The number of nitrogens with two attached hydrogens (primary N) is 1. The lowest BCUT2D eigenvalue weighted by molar-refractivity contribution is -0.0527. The van der Waals surface area contributed by atoms with Gasteiger partial charge in [0.05, 0.1) is 10.7 Å². The zero-order chi connectivity index (χ0) is 14.9. The molecule has 0 aliphatic heterocycles. The molecule has 6 heteroatoms. The molecule has 0 spiro atoms. The van der Waals surface area contributed by atoms with Crippen LogP contribution in [0.5, 0.6) is 0 Å². The smallest absolute Gasteiger partial charge is 0.258 e. The highest BCUT2D eigenvalue weighted by atomic mass is 35.5. The van der Waals surface area contributed by atoms with Gasteiger partial charge in [0.2, 0.25) is 5.82 Å². The highest BCUT2D eigenvalue weighted by Crippen LogP contribution is 2.39. The molecule has 0 unspecified atom stereocenters. The number of nitrogen functional groups attached to an aromatic ring is 1. The van der Waals surface area contributed by atoms with Crippen LogP contribution in [-0.4, -0.2) is 17.3 Å². The minimum absolute atomic E-state index is 0.419. The Kier molecular flexibility index (Phi) is 3.87. The van der Waals surface area contributed by atoms with Crippen LogP contribution < -0.4 is 5.73 Å². The van der Waals surface area contributed by atoms with E-state index in [2.05, 4.69) is 10.1 Å². The molecule has 2 N–H and O–H groups in total. The predicted molar refractivity (Wildman–Crippen MR) is 80.9 cm³/mol. The Labute approximate surface area is 128 Å². The van der Waals surface area contributed by atoms with Crippen molar-refractivity contribution >= 4 is 17.3 Å². The van der Waals surface area contributed by atoms with Crippen LogP contribution in [0.1, 0.15) is 37.9 Å². The Hall–Kier alpha value is -1.59. The van der Waals surface area contributed by atoms with Gasteiger partial charge in [0.15, 0.2) is 0 Å². The molecule has 1 fully saturated rings. The molecule has 0 bridgehead atoms. The van der Waals surface area contributed by atoms with E-state index in [4.69, 9.17) is 26.6 Å². The largest absolute Gasteiger partial charge is 0.398 e. The molecule has 1 aromatic carbocycles. The first-order valence-electron chi connectivity index (χ1n) is 7.09. The third-order valence-electron chi connectivity index (χ3n) is 4.13. The zero-order valence-electron chi connectivity index (χ0n) is 11.9. The summed E-state index contributed by atoms with van der Waals surface area (Å²) in [5.74, 6) is 1.06. The number of hydrogen-bond acceptors (Lipinski definition) is 5. The maximum absolute atomic E-state index is 5.93. The fourth-order valence-corrected chi connectivity index (χ4v) is 2.96. The summed E-state index contributed by atoms with van der Waals surface area (Å²) >= 11 is 5.93. The van der Waals surface area contributed by atoms with E-state index >= 15 is 0 Å². The number of rotatable bonds is 3. The van der Waals surface area contributed by atoms with E-state index in [1.165, 1.54) is 6.42 Å². The molecule has 1 aliphatic rings. The van der Waals surface area contributed by atoms with E-state index in [0.717, 1.165) is 31.2 Å². The first-order valence-corrected chi connectivity index (χ1v) is 7.47. The number of hydrogen-bond donors (Lipinski definition) is 1. The van der Waals surface area contributed by atoms with Gasteiger partial charge in [-0.2, -0.15) is 4.98 Å². The van der Waals surface area contributed by atoms with Gasteiger partial charge < -0.3 is 15.0 Å². The maximum atomic E-state index is 5.93. The minimum atomic E-state index is -0.419. The third kappa shape index (κ3) is 2.63. The Balaban J connectivity index is 1.93. The summed E-state index contributed by atoms with van der Waals surface area (Å²) in [5.41, 5.74) is 6.65. The van der Waals surface area contributed by atoms with Gasteiger partial charge in [-0.15, -0.1) is 0 Å². The van der Waals surface area contributed by atoms with Crippen LogP contribution in [-0.2, 0) is 10.3 Å². The molecule has 5 nitrogen and oxygen atoms in total. The Morgan fingerprint density at radius 1 is 1.29 bits per heavy atom. The van der Waals surface area contributed by atoms with E-state index in [0.29, 0.717) is 22.4 Å². The van der Waals surface area contributed by atoms with E-state index in [1.54, 1.807) is 19.2 Å². The van der Waals surface area contributed by atoms with Crippen molar-refractivity contribution in [1.82, 2.24) is 10.1 Å². The van der Waals surface area contributed by atoms with Crippen LogP contribution in [0.25, 0.3) is 11.5 Å². The average molecular weight is 308 g/mol. The lowest BCUT2D eigenvalue weighted by Gasteiger charge is -2.32. The van der Waals surface area contributed by atoms with Crippen LogP contribution in [0.3, 0.4) is 0 Å². The molecule has 0 atom stereocenters. The van der Waals surface area contributed by atoms with Crippen LogP contribution in [0, 0.1) is 0 Å². The summed E-state index contributed by atoms with van der Waals surface area (Å²) in [6.07, 6.45) is 5.30. The molecule has 1 saturated carbocycles. The second-order valence-corrected chi connectivity index (χ2v) is 5.83. The molecule has 1 heterocycles. The first kappa shape index (κ1) is 14.4. The van der Waals surface area contributed by atoms with Gasteiger partial charge in [-0.25, -0.2) is 0 Å². The summed E-state index contributed by atoms with van der Waals surface area (Å²) in [6.45, 7) is 0. The highest BCUT2D eigenvalue weighted by molar-refractivity contribution is 6.33. The normalized spacial score (nSPS) is 17.8. The summed E-state index contributed by atoms with van der Waals surface area (Å²) in [5, 5.41) is 4.64. The summed E-state index contributed by atoms with van der Waals surface area (Å²) in [7, 11) is 1.71. The molecule has 3 rings (SSSR count). The standard InChI is InChI=1S/C15H18ClN3O2/c1-20-15(7-3-2-4-8-15)14-18-13(21-19-14)10-5-6-11(16)12(17)9-10/h5-6,9H,2-4,7-8,17H2,1H3. The molecule has 1 aromatic heterocycles. The van der Waals surface area contributed by atoms with Crippen molar-refractivity contribution in [2.75, 3.05) is 12.8 Å². The number of halogens is 1. The second-order valence-electron chi connectivity index (χ2n) is 5.42. The lowest BCUT2D eigenvalue weighted by Crippen LogP contribution is -2.32. The monoisotopic (exact) mass is 307 g/mol. The number of aromatic nitrogens is 2. The van der Waals surface area contributed by atoms with Crippen molar-refractivity contribution in [3.8, 4) is 11.5 Å². The average Bonchev–Trinajstić information content (AvgIpc) is 3.01. The van der Waals surface area contributed by atoms with Gasteiger partial charge in [0.1, 0.15) is 5.60 Å². The van der Waals surface area contributed by atoms with Gasteiger partial charge in [0.25, 0.3) is 5.89 Å². The van der Waals surface area contributed by atoms with Gasteiger partial charge in [-0.1, -0.05) is 36.0 Å². The van der Waals surface area contributed by atoms with E-state index in [-0.39, 0.29) is 0 Å². The number of methoxy groups -OCH3 is 1. The molecule has 21 heavy (non-hydrogen) atoms. The van der Waals surface area contributed by atoms with Crippen molar-refractivity contribution in [2.45, 2.75) is 37.7 Å². The highest BCUT2D eigenvalue weighted by Gasteiger charge is 2.38. The van der Waals surface area contributed by atoms with Crippen molar-refractivity contribution < 1.29 is 9.26 Å².